The normalized spacial score (nSPS) is 16.4. The molecule has 0 aromatic heterocycles. The Bertz CT molecular complexity index is 1090. The lowest BCUT2D eigenvalue weighted by Gasteiger charge is -2.35. The summed E-state index contributed by atoms with van der Waals surface area (Å²) in [5.74, 6) is 1.45. The van der Waals surface area contributed by atoms with Gasteiger partial charge in [-0.25, -0.2) is 0 Å². The van der Waals surface area contributed by atoms with Crippen LogP contribution in [-0.4, -0.2) is 56.3 Å². The Morgan fingerprint density at radius 1 is 1.11 bits per heavy atom. The number of rotatable bonds is 12. The standard InChI is InChI=1S/C31H47N3O3/c1-11-34(12-2)15-16-36-26-18-25-24(17-27(26)37-21(5)6)29(35)28(30(32)31(25,8)9)22(7)13-14-23(19-33-10)20(3)4/h13-14,17-21H,11-12,15-16,32H2,1-10H3/b22-13+,23-14-,33-19+. The number of benzene rings is 1. The van der Waals surface area contributed by atoms with E-state index in [4.69, 9.17) is 15.2 Å². The number of nitrogens with zero attached hydrogens (tertiary/aromatic N) is 2. The Morgan fingerprint density at radius 2 is 1.76 bits per heavy atom. The maximum atomic E-state index is 13.9. The summed E-state index contributed by atoms with van der Waals surface area (Å²) in [7, 11) is 1.76. The highest BCUT2D eigenvalue weighted by Crippen LogP contribution is 2.45. The van der Waals surface area contributed by atoms with Crippen LogP contribution in [0.1, 0.15) is 78.2 Å². The summed E-state index contributed by atoms with van der Waals surface area (Å²) in [6.45, 7) is 21.8. The molecule has 2 N–H and O–H groups in total. The molecule has 0 amide bonds. The summed E-state index contributed by atoms with van der Waals surface area (Å²) in [5.41, 5.74) is 10.7. The van der Waals surface area contributed by atoms with Crippen LogP contribution in [0.3, 0.4) is 0 Å². The van der Waals surface area contributed by atoms with Crippen molar-refractivity contribution in [3.05, 3.63) is 57.8 Å². The van der Waals surface area contributed by atoms with Gasteiger partial charge in [-0.05, 0) is 68.6 Å². The average molecular weight is 510 g/mol. The number of likely N-dealkylation sites (N-methyl/N-ethyl adjacent to an activating group) is 1. The van der Waals surface area contributed by atoms with E-state index >= 15 is 0 Å². The lowest BCUT2D eigenvalue weighted by molar-refractivity contribution is 0.102. The van der Waals surface area contributed by atoms with Gasteiger partial charge in [0.25, 0.3) is 0 Å². The number of hydrogen-bond donors (Lipinski definition) is 1. The Balaban J connectivity index is 2.57. The van der Waals surface area contributed by atoms with Gasteiger partial charge in [0.1, 0.15) is 6.61 Å². The van der Waals surface area contributed by atoms with Crippen LogP contribution in [0.25, 0.3) is 0 Å². The predicted octanol–water partition coefficient (Wildman–Crippen LogP) is 6.11. The van der Waals surface area contributed by atoms with Gasteiger partial charge in [0.15, 0.2) is 17.3 Å². The molecule has 1 aliphatic carbocycles. The van der Waals surface area contributed by atoms with Crippen molar-refractivity contribution in [2.24, 2.45) is 16.6 Å². The minimum Gasteiger partial charge on any atom is -0.488 e. The first kappa shape index (κ1) is 30.4. The van der Waals surface area contributed by atoms with Gasteiger partial charge < -0.3 is 20.1 Å². The Morgan fingerprint density at radius 3 is 2.30 bits per heavy atom. The fraction of sp³-hybridized carbons (Fsp3) is 0.548. The zero-order valence-electron chi connectivity index (χ0n) is 24.6. The van der Waals surface area contributed by atoms with Gasteiger partial charge in [0.2, 0.25) is 0 Å². The first-order chi connectivity index (χ1) is 17.4. The molecule has 37 heavy (non-hydrogen) atoms. The number of allylic oxidation sites excluding steroid dienone is 6. The molecular formula is C31H47N3O3. The smallest absolute Gasteiger partial charge is 0.195 e. The molecule has 1 aromatic carbocycles. The molecule has 0 aliphatic heterocycles. The molecule has 0 radical (unpaired) electrons. The molecule has 1 aliphatic rings. The van der Waals surface area contributed by atoms with Crippen molar-refractivity contribution in [3.63, 3.8) is 0 Å². The fourth-order valence-corrected chi connectivity index (χ4v) is 4.49. The van der Waals surface area contributed by atoms with E-state index in [2.05, 4.69) is 51.4 Å². The second-order valence-electron chi connectivity index (χ2n) is 10.7. The van der Waals surface area contributed by atoms with Gasteiger partial charge in [-0.1, -0.05) is 53.7 Å². The first-order valence-corrected chi connectivity index (χ1v) is 13.4. The molecule has 0 unspecified atom stereocenters. The second kappa shape index (κ2) is 13.1. The van der Waals surface area contributed by atoms with E-state index in [-0.39, 0.29) is 11.9 Å². The third kappa shape index (κ3) is 7.13. The highest BCUT2D eigenvalue weighted by atomic mass is 16.5. The van der Waals surface area contributed by atoms with E-state index in [9.17, 15) is 4.79 Å². The molecule has 204 valence electrons. The van der Waals surface area contributed by atoms with Crippen LogP contribution in [-0.2, 0) is 5.41 Å². The van der Waals surface area contributed by atoms with Crippen LogP contribution in [0.4, 0.5) is 0 Å². The highest BCUT2D eigenvalue weighted by molar-refractivity contribution is 6.15. The number of hydrogen-bond acceptors (Lipinski definition) is 6. The molecule has 0 atom stereocenters. The van der Waals surface area contributed by atoms with Crippen molar-refractivity contribution in [3.8, 4) is 11.5 Å². The summed E-state index contributed by atoms with van der Waals surface area (Å²) in [4.78, 5) is 20.3. The van der Waals surface area contributed by atoms with Crippen LogP contribution >= 0.6 is 0 Å². The quantitative estimate of drug-likeness (QED) is 0.272. The van der Waals surface area contributed by atoms with E-state index in [1.165, 1.54) is 0 Å². The van der Waals surface area contributed by atoms with E-state index in [1.54, 1.807) is 7.05 Å². The molecule has 2 rings (SSSR count). The molecule has 6 nitrogen and oxygen atoms in total. The third-order valence-corrected chi connectivity index (χ3v) is 6.96. The van der Waals surface area contributed by atoms with Crippen molar-refractivity contribution in [2.75, 3.05) is 33.3 Å². The number of aliphatic imine (C=N–C) groups is 1. The molecule has 0 bridgehead atoms. The van der Waals surface area contributed by atoms with Gasteiger partial charge in [-0.3, -0.25) is 9.79 Å². The molecule has 0 fully saturated rings. The highest BCUT2D eigenvalue weighted by Gasteiger charge is 2.39. The Labute approximate surface area is 224 Å². The summed E-state index contributed by atoms with van der Waals surface area (Å²) in [6.07, 6.45) is 5.78. The zero-order valence-corrected chi connectivity index (χ0v) is 24.6. The summed E-state index contributed by atoms with van der Waals surface area (Å²) in [5, 5.41) is 0. The van der Waals surface area contributed by atoms with E-state index in [0.29, 0.717) is 40.9 Å². The van der Waals surface area contributed by atoms with E-state index in [1.807, 2.05) is 51.3 Å². The maximum absolute atomic E-state index is 13.9. The van der Waals surface area contributed by atoms with Crippen molar-refractivity contribution in [1.82, 2.24) is 4.90 Å². The van der Waals surface area contributed by atoms with Gasteiger partial charge in [-0.15, -0.1) is 0 Å². The monoisotopic (exact) mass is 509 g/mol. The van der Waals surface area contributed by atoms with Gasteiger partial charge in [-0.2, -0.15) is 0 Å². The number of fused-ring (bicyclic) bond motifs is 1. The minimum atomic E-state index is -0.559. The Hall–Kier alpha value is -2.86. The zero-order chi connectivity index (χ0) is 27.9. The molecule has 1 aromatic rings. The fourth-order valence-electron chi connectivity index (χ4n) is 4.49. The van der Waals surface area contributed by atoms with Crippen molar-refractivity contribution >= 4 is 12.0 Å². The molecule has 0 heterocycles. The van der Waals surface area contributed by atoms with Crippen LogP contribution in [0.2, 0.25) is 0 Å². The summed E-state index contributed by atoms with van der Waals surface area (Å²) >= 11 is 0. The molecular weight excluding hydrogens is 462 g/mol. The summed E-state index contributed by atoms with van der Waals surface area (Å²) in [6, 6.07) is 3.79. The number of ether oxygens (including phenoxy) is 2. The topological polar surface area (TPSA) is 77.2 Å². The number of ketones is 1. The number of carbonyl (C=O) groups excluding carboxylic acids is 1. The average Bonchev–Trinajstić information content (AvgIpc) is 2.83. The number of nitrogens with two attached hydrogens (primary N) is 1. The van der Waals surface area contributed by atoms with Crippen molar-refractivity contribution in [2.45, 2.75) is 73.8 Å². The van der Waals surface area contributed by atoms with Crippen LogP contribution in [0, 0.1) is 5.92 Å². The maximum Gasteiger partial charge on any atom is 0.195 e. The van der Waals surface area contributed by atoms with E-state index in [0.717, 1.165) is 36.3 Å². The molecule has 6 heteroatoms. The van der Waals surface area contributed by atoms with Crippen LogP contribution in [0.15, 0.2) is 51.7 Å². The molecule has 0 saturated carbocycles. The second-order valence-corrected chi connectivity index (χ2v) is 10.7. The lowest BCUT2D eigenvalue weighted by Crippen LogP contribution is -2.36. The predicted molar refractivity (Wildman–Crippen MR) is 155 cm³/mol. The summed E-state index contributed by atoms with van der Waals surface area (Å²) < 4.78 is 12.3. The lowest BCUT2D eigenvalue weighted by atomic mass is 9.70. The third-order valence-electron chi connectivity index (χ3n) is 6.96. The largest absolute Gasteiger partial charge is 0.488 e. The SMILES string of the molecule is CCN(CC)CCOc1cc2c(cc1OC(C)C)C(=O)C(/C(C)=C/C=C(/C=N/C)C(C)C)=C(N)C2(C)C. The van der Waals surface area contributed by atoms with Crippen LogP contribution < -0.4 is 15.2 Å². The number of carbonyl (C=O) groups is 1. The minimum absolute atomic E-state index is 0.0589. The molecule has 0 spiro atoms. The van der Waals surface area contributed by atoms with Crippen molar-refractivity contribution < 1.29 is 14.3 Å². The van der Waals surface area contributed by atoms with Gasteiger partial charge >= 0.3 is 0 Å². The molecule has 0 saturated heterocycles. The van der Waals surface area contributed by atoms with E-state index < -0.39 is 5.41 Å². The van der Waals surface area contributed by atoms with Gasteiger partial charge in [0.05, 0.1) is 6.10 Å². The van der Waals surface area contributed by atoms with Gasteiger partial charge in [0, 0.05) is 42.1 Å². The first-order valence-electron chi connectivity index (χ1n) is 13.4. The number of Topliss-reactive ketones (excluding diaryl/α,β-unsaturated/α-hetero) is 1. The van der Waals surface area contributed by atoms with Crippen molar-refractivity contribution in [1.29, 1.82) is 0 Å². The Kier molecular flexibility index (Phi) is 10.7. The van der Waals surface area contributed by atoms with Crippen LogP contribution in [0.5, 0.6) is 11.5 Å².